The summed E-state index contributed by atoms with van der Waals surface area (Å²) in [6.45, 7) is 11.6. The van der Waals surface area contributed by atoms with Crippen molar-refractivity contribution in [3.63, 3.8) is 0 Å². The molecule has 0 aromatic carbocycles. The lowest BCUT2D eigenvalue weighted by Crippen LogP contribution is -2.45. The number of carbonyl (C=O) groups excluding carboxylic acids is 1. The van der Waals surface area contributed by atoms with Crippen LogP contribution in [0.15, 0.2) is 37.5 Å². The molecular weight excluding hydrogens is 182 g/mol. The van der Waals surface area contributed by atoms with Crippen molar-refractivity contribution in [2.24, 2.45) is 0 Å². The fraction of sp³-hybridized carbons (Fsp3) is 0.300. The molecule has 0 heterocycles. The third-order valence-corrected chi connectivity index (χ3v) is 1.59. The third-order valence-electron chi connectivity index (χ3n) is 1.59. The summed E-state index contributed by atoms with van der Waals surface area (Å²) in [6, 6.07) is 0. The van der Waals surface area contributed by atoms with Crippen molar-refractivity contribution < 1.29 is 15.0 Å². The average molecular weight is 197 g/mol. The molecular formula is C10H15NO3. The van der Waals surface area contributed by atoms with Gasteiger partial charge in [0.25, 0.3) is 5.91 Å². The number of nitrogens with zero attached hydrogens (tertiary/aromatic N) is 1. The summed E-state index contributed by atoms with van der Waals surface area (Å²) in [5.41, 5.74) is 0.215. The minimum Gasteiger partial charge on any atom is -0.370 e. The summed E-state index contributed by atoms with van der Waals surface area (Å²) in [5, 5.41) is 18.8. The van der Waals surface area contributed by atoms with E-state index in [-0.39, 0.29) is 5.57 Å². The van der Waals surface area contributed by atoms with E-state index >= 15 is 0 Å². The van der Waals surface area contributed by atoms with E-state index < -0.39 is 18.4 Å². The van der Waals surface area contributed by atoms with E-state index in [1.54, 1.807) is 0 Å². The number of amides is 1. The van der Waals surface area contributed by atoms with Gasteiger partial charge in [0.1, 0.15) is 0 Å². The van der Waals surface area contributed by atoms with Crippen LogP contribution in [0, 0.1) is 0 Å². The highest BCUT2D eigenvalue weighted by atomic mass is 16.3. The molecule has 0 aromatic heterocycles. The van der Waals surface area contributed by atoms with E-state index in [4.69, 9.17) is 0 Å². The Kier molecular flexibility index (Phi) is 4.83. The van der Waals surface area contributed by atoms with Gasteiger partial charge in [0.15, 0.2) is 12.5 Å². The van der Waals surface area contributed by atoms with E-state index in [0.717, 1.165) is 17.1 Å². The van der Waals surface area contributed by atoms with Crippen LogP contribution in [-0.2, 0) is 4.79 Å². The fourth-order valence-electron chi connectivity index (χ4n) is 0.844. The first-order valence-electron chi connectivity index (χ1n) is 4.05. The first kappa shape index (κ1) is 12.6. The van der Waals surface area contributed by atoms with E-state index in [9.17, 15) is 15.0 Å². The highest BCUT2D eigenvalue weighted by Gasteiger charge is 2.24. The van der Waals surface area contributed by atoms with Crippen molar-refractivity contribution in [3.05, 3.63) is 37.5 Å². The lowest BCUT2D eigenvalue weighted by atomic mass is 10.2. The van der Waals surface area contributed by atoms with Crippen LogP contribution >= 0.6 is 0 Å². The van der Waals surface area contributed by atoms with Gasteiger partial charge in [-0.1, -0.05) is 19.7 Å². The molecule has 78 valence electrons. The Bertz CT molecular complexity index is 246. The quantitative estimate of drug-likeness (QED) is 0.381. The molecule has 2 atom stereocenters. The van der Waals surface area contributed by atoms with E-state index in [2.05, 4.69) is 19.7 Å². The maximum Gasteiger partial charge on any atom is 0.253 e. The van der Waals surface area contributed by atoms with E-state index in [1.807, 2.05) is 0 Å². The van der Waals surface area contributed by atoms with Gasteiger partial charge in [-0.05, 0) is 19.1 Å². The Hall–Kier alpha value is -1.39. The van der Waals surface area contributed by atoms with Crippen molar-refractivity contribution in [1.29, 1.82) is 0 Å². The normalized spacial score (nSPS) is 13.9. The minimum absolute atomic E-state index is 0.215. The minimum atomic E-state index is -1.26. The zero-order valence-electron chi connectivity index (χ0n) is 8.18. The molecule has 0 saturated carbocycles. The van der Waals surface area contributed by atoms with Gasteiger partial charge < -0.3 is 10.2 Å². The van der Waals surface area contributed by atoms with Gasteiger partial charge in [-0.25, -0.2) is 0 Å². The Labute approximate surface area is 83.5 Å². The molecule has 1 amide bonds. The lowest BCUT2D eigenvalue weighted by molar-refractivity contribution is -0.145. The van der Waals surface area contributed by atoms with Crippen molar-refractivity contribution in [1.82, 2.24) is 4.90 Å². The Morgan fingerprint density at radius 2 is 1.64 bits per heavy atom. The predicted molar refractivity (Wildman–Crippen MR) is 54.1 cm³/mol. The van der Waals surface area contributed by atoms with Gasteiger partial charge in [-0.2, -0.15) is 0 Å². The second-order valence-corrected chi connectivity index (χ2v) is 2.79. The molecule has 2 N–H and O–H groups in total. The number of hydrogen-bond donors (Lipinski definition) is 2. The molecule has 0 aromatic rings. The molecule has 0 fully saturated rings. The van der Waals surface area contributed by atoms with Crippen LogP contribution < -0.4 is 0 Å². The molecule has 0 bridgehead atoms. The van der Waals surface area contributed by atoms with Gasteiger partial charge >= 0.3 is 0 Å². The topological polar surface area (TPSA) is 60.8 Å². The van der Waals surface area contributed by atoms with Crippen LogP contribution in [0.5, 0.6) is 0 Å². The van der Waals surface area contributed by atoms with Gasteiger partial charge in [0.2, 0.25) is 0 Å². The van der Waals surface area contributed by atoms with Crippen LogP contribution in [0.2, 0.25) is 0 Å². The maximum absolute atomic E-state index is 11.5. The average Bonchev–Trinajstić information content (AvgIpc) is 2.16. The van der Waals surface area contributed by atoms with Crippen LogP contribution in [0.4, 0.5) is 0 Å². The molecule has 0 spiro atoms. The SMILES string of the molecule is C=CC(O)N(C(=O)C(=C)C)C(O)C=C. The third kappa shape index (κ3) is 2.83. The van der Waals surface area contributed by atoms with Crippen molar-refractivity contribution >= 4 is 5.91 Å². The first-order chi connectivity index (χ1) is 6.45. The largest absolute Gasteiger partial charge is 0.370 e. The molecule has 4 nitrogen and oxygen atoms in total. The maximum atomic E-state index is 11.5. The fourth-order valence-corrected chi connectivity index (χ4v) is 0.844. The Morgan fingerprint density at radius 1 is 1.29 bits per heavy atom. The highest BCUT2D eigenvalue weighted by Crippen LogP contribution is 2.08. The summed E-state index contributed by atoms with van der Waals surface area (Å²) in [6.07, 6.45) is -0.249. The number of rotatable bonds is 5. The first-order valence-corrected chi connectivity index (χ1v) is 4.05. The van der Waals surface area contributed by atoms with Crippen molar-refractivity contribution in [2.45, 2.75) is 19.4 Å². The van der Waals surface area contributed by atoms with Gasteiger partial charge in [-0.3, -0.25) is 9.69 Å². The Morgan fingerprint density at radius 3 is 1.86 bits per heavy atom. The predicted octanol–water partition coefficient (Wildman–Crippen LogP) is 0.400. The highest BCUT2D eigenvalue weighted by molar-refractivity contribution is 5.92. The van der Waals surface area contributed by atoms with Crippen LogP contribution in [0.1, 0.15) is 6.92 Å². The number of carbonyl (C=O) groups is 1. The summed E-state index contributed by atoms with van der Waals surface area (Å²) in [5.74, 6) is -0.551. The van der Waals surface area contributed by atoms with Crippen molar-refractivity contribution in [3.8, 4) is 0 Å². The van der Waals surface area contributed by atoms with Gasteiger partial charge in [-0.15, -0.1) is 0 Å². The van der Waals surface area contributed by atoms with Gasteiger partial charge in [0.05, 0.1) is 0 Å². The lowest BCUT2D eigenvalue weighted by Gasteiger charge is -2.29. The van der Waals surface area contributed by atoms with Crippen LogP contribution in [0.3, 0.4) is 0 Å². The van der Waals surface area contributed by atoms with E-state index in [0.29, 0.717) is 0 Å². The molecule has 2 unspecified atom stereocenters. The number of aliphatic hydroxyl groups is 2. The zero-order chi connectivity index (χ0) is 11.3. The van der Waals surface area contributed by atoms with Crippen molar-refractivity contribution in [2.75, 3.05) is 0 Å². The molecule has 0 radical (unpaired) electrons. The molecule has 0 aliphatic rings. The molecule has 0 aliphatic heterocycles. The number of hydrogen-bond acceptors (Lipinski definition) is 3. The molecule has 14 heavy (non-hydrogen) atoms. The zero-order valence-corrected chi connectivity index (χ0v) is 8.18. The number of aliphatic hydroxyl groups excluding tert-OH is 2. The van der Waals surface area contributed by atoms with Gasteiger partial charge in [0, 0.05) is 5.57 Å². The van der Waals surface area contributed by atoms with Crippen LogP contribution in [-0.4, -0.2) is 33.5 Å². The standard InChI is InChI=1S/C10H15NO3/c1-5-8(12)11(9(13)6-2)10(14)7(3)4/h5-6,8-9,12-13H,1-3H2,4H3. The smallest absolute Gasteiger partial charge is 0.253 e. The summed E-state index contributed by atoms with van der Waals surface area (Å²) in [4.78, 5) is 12.3. The summed E-state index contributed by atoms with van der Waals surface area (Å²) < 4.78 is 0. The molecule has 0 aliphatic carbocycles. The monoisotopic (exact) mass is 197 g/mol. The second-order valence-electron chi connectivity index (χ2n) is 2.79. The Balaban J connectivity index is 4.89. The molecule has 0 saturated heterocycles. The molecule has 4 heteroatoms. The van der Waals surface area contributed by atoms with Crippen LogP contribution in [0.25, 0.3) is 0 Å². The molecule has 0 rings (SSSR count). The summed E-state index contributed by atoms with van der Waals surface area (Å²) >= 11 is 0. The second kappa shape index (κ2) is 5.36. The van der Waals surface area contributed by atoms with E-state index in [1.165, 1.54) is 6.92 Å². The summed E-state index contributed by atoms with van der Waals surface area (Å²) in [7, 11) is 0.